The van der Waals surface area contributed by atoms with E-state index < -0.39 is 17.6 Å². The Bertz CT molecular complexity index is 909. The number of aliphatic carboxylic acids is 1. The summed E-state index contributed by atoms with van der Waals surface area (Å²) in [5, 5.41) is 9.06. The Morgan fingerprint density at radius 1 is 0.917 bits per heavy atom. The maximum atomic E-state index is 13.5. The van der Waals surface area contributed by atoms with E-state index >= 15 is 0 Å². The largest absolute Gasteiger partial charge is 0.481 e. The Kier molecular flexibility index (Phi) is 4.33. The van der Waals surface area contributed by atoms with Crippen molar-refractivity contribution in [1.82, 2.24) is 4.98 Å². The zero-order valence-corrected chi connectivity index (χ0v) is 12.5. The van der Waals surface area contributed by atoms with Gasteiger partial charge in [-0.1, -0.05) is 30.3 Å². The van der Waals surface area contributed by atoms with E-state index in [9.17, 15) is 13.6 Å². The molecular formula is C19H13F2NO2. The molecule has 0 saturated carbocycles. The van der Waals surface area contributed by atoms with Crippen molar-refractivity contribution in [2.24, 2.45) is 0 Å². The third-order valence-corrected chi connectivity index (χ3v) is 3.54. The van der Waals surface area contributed by atoms with E-state index in [1.54, 1.807) is 30.3 Å². The van der Waals surface area contributed by atoms with Crippen LogP contribution in [0.1, 0.15) is 5.56 Å². The second kappa shape index (κ2) is 6.58. The van der Waals surface area contributed by atoms with Crippen LogP contribution in [-0.4, -0.2) is 16.1 Å². The number of benzene rings is 2. The topological polar surface area (TPSA) is 50.2 Å². The highest BCUT2D eigenvalue weighted by molar-refractivity contribution is 5.76. The molecule has 0 radical (unpaired) electrons. The number of halogens is 2. The fourth-order valence-electron chi connectivity index (χ4n) is 2.49. The predicted octanol–water partition coefficient (Wildman–Crippen LogP) is 4.32. The summed E-state index contributed by atoms with van der Waals surface area (Å²) in [4.78, 5) is 15.5. The highest BCUT2D eigenvalue weighted by Crippen LogP contribution is 2.27. The van der Waals surface area contributed by atoms with Crippen LogP contribution in [0.25, 0.3) is 22.5 Å². The lowest BCUT2D eigenvalue weighted by Crippen LogP contribution is -2.04. The standard InChI is InChI=1S/C19H13F2NO2/c20-15-5-1-3-12(9-15)17-8-7-14(11-18(23)24)19(22-17)13-4-2-6-16(21)10-13/h1-10H,11H2,(H,23,24). The molecule has 0 bridgehead atoms. The van der Waals surface area contributed by atoms with Crippen molar-refractivity contribution >= 4 is 5.97 Å². The lowest BCUT2D eigenvalue weighted by molar-refractivity contribution is -0.136. The van der Waals surface area contributed by atoms with Gasteiger partial charge in [-0.15, -0.1) is 0 Å². The Labute approximate surface area is 137 Å². The number of hydrogen-bond acceptors (Lipinski definition) is 2. The molecule has 0 amide bonds. The van der Waals surface area contributed by atoms with Crippen LogP contribution < -0.4 is 0 Å². The molecule has 120 valence electrons. The van der Waals surface area contributed by atoms with Crippen LogP contribution >= 0.6 is 0 Å². The van der Waals surface area contributed by atoms with Gasteiger partial charge in [0.05, 0.1) is 17.8 Å². The molecule has 3 rings (SSSR count). The SMILES string of the molecule is O=C(O)Cc1ccc(-c2cccc(F)c2)nc1-c1cccc(F)c1. The monoisotopic (exact) mass is 325 g/mol. The summed E-state index contributed by atoms with van der Waals surface area (Å²) in [6.07, 6.45) is -0.234. The Balaban J connectivity index is 2.15. The van der Waals surface area contributed by atoms with Crippen molar-refractivity contribution in [2.75, 3.05) is 0 Å². The molecule has 0 aliphatic carbocycles. The molecule has 1 N–H and O–H groups in total. The highest BCUT2D eigenvalue weighted by atomic mass is 19.1. The molecule has 0 aliphatic rings. The van der Waals surface area contributed by atoms with Crippen LogP contribution in [0, 0.1) is 11.6 Å². The minimum atomic E-state index is -1.01. The number of aromatic nitrogens is 1. The molecule has 0 atom stereocenters. The van der Waals surface area contributed by atoms with Crippen molar-refractivity contribution in [3.8, 4) is 22.5 Å². The fraction of sp³-hybridized carbons (Fsp3) is 0.0526. The number of carbonyl (C=O) groups is 1. The quantitative estimate of drug-likeness (QED) is 0.777. The first kappa shape index (κ1) is 15.8. The second-order valence-corrected chi connectivity index (χ2v) is 5.30. The van der Waals surface area contributed by atoms with Crippen LogP contribution in [-0.2, 0) is 11.2 Å². The molecule has 0 fully saturated rings. The Morgan fingerprint density at radius 2 is 1.54 bits per heavy atom. The molecule has 0 aliphatic heterocycles. The van der Waals surface area contributed by atoms with Crippen molar-refractivity contribution in [1.29, 1.82) is 0 Å². The summed E-state index contributed by atoms with van der Waals surface area (Å²) in [5.41, 5.74) is 2.37. The Hall–Kier alpha value is -3.08. The lowest BCUT2D eigenvalue weighted by atomic mass is 10.0. The molecule has 24 heavy (non-hydrogen) atoms. The minimum absolute atomic E-state index is 0.234. The highest BCUT2D eigenvalue weighted by Gasteiger charge is 2.13. The third-order valence-electron chi connectivity index (χ3n) is 3.54. The van der Waals surface area contributed by atoms with E-state index in [4.69, 9.17) is 5.11 Å². The van der Waals surface area contributed by atoms with Crippen LogP contribution in [0.15, 0.2) is 60.7 Å². The van der Waals surface area contributed by atoms with Crippen molar-refractivity contribution < 1.29 is 18.7 Å². The number of pyridine rings is 1. The van der Waals surface area contributed by atoms with Gasteiger partial charge in [-0.25, -0.2) is 13.8 Å². The van der Waals surface area contributed by atoms with Crippen molar-refractivity contribution in [3.05, 3.63) is 77.9 Å². The van der Waals surface area contributed by atoms with Gasteiger partial charge < -0.3 is 5.11 Å². The fourth-order valence-corrected chi connectivity index (χ4v) is 2.49. The van der Waals surface area contributed by atoms with Gasteiger partial charge in [0.2, 0.25) is 0 Å². The van der Waals surface area contributed by atoms with E-state index in [-0.39, 0.29) is 6.42 Å². The van der Waals surface area contributed by atoms with Gasteiger partial charge in [-0.2, -0.15) is 0 Å². The maximum absolute atomic E-state index is 13.5. The van der Waals surface area contributed by atoms with Gasteiger partial charge in [-0.3, -0.25) is 4.79 Å². The van der Waals surface area contributed by atoms with Gasteiger partial charge in [0.25, 0.3) is 0 Å². The van der Waals surface area contributed by atoms with E-state index in [2.05, 4.69) is 4.98 Å². The summed E-state index contributed by atoms with van der Waals surface area (Å²) >= 11 is 0. The second-order valence-electron chi connectivity index (χ2n) is 5.30. The average molecular weight is 325 g/mol. The molecule has 1 aromatic heterocycles. The summed E-state index contributed by atoms with van der Waals surface area (Å²) in [7, 11) is 0. The van der Waals surface area contributed by atoms with Gasteiger partial charge >= 0.3 is 5.97 Å². The normalized spacial score (nSPS) is 10.6. The molecule has 3 aromatic rings. The van der Waals surface area contributed by atoms with E-state index in [0.29, 0.717) is 28.1 Å². The number of nitrogens with zero attached hydrogens (tertiary/aromatic N) is 1. The molecule has 0 spiro atoms. The van der Waals surface area contributed by atoms with E-state index in [1.165, 1.54) is 30.3 Å². The predicted molar refractivity (Wildman–Crippen MR) is 86.4 cm³/mol. The average Bonchev–Trinajstić information content (AvgIpc) is 2.54. The van der Waals surface area contributed by atoms with E-state index in [1.807, 2.05) is 0 Å². The maximum Gasteiger partial charge on any atom is 0.307 e. The lowest BCUT2D eigenvalue weighted by Gasteiger charge is -2.10. The molecular weight excluding hydrogens is 312 g/mol. The Morgan fingerprint density at radius 3 is 2.17 bits per heavy atom. The molecule has 3 nitrogen and oxygen atoms in total. The zero-order valence-electron chi connectivity index (χ0n) is 12.5. The van der Waals surface area contributed by atoms with Crippen molar-refractivity contribution in [2.45, 2.75) is 6.42 Å². The summed E-state index contributed by atoms with van der Waals surface area (Å²) in [5.74, 6) is -1.84. The molecule has 1 heterocycles. The number of rotatable bonds is 4. The molecule has 0 saturated heterocycles. The van der Waals surface area contributed by atoms with Gasteiger partial charge in [0, 0.05) is 11.1 Å². The number of carboxylic acids is 1. The van der Waals surface area contributed by atoms with Crippen LogP contribution in [0.3, 0.4) is 0 Å². The van der Waals surface area contributed by atoms with Crippen LogP contribution in [0.2, 0.25) is 0 Å². The minimum Gasteiger partial charge on any atom is -0.481 e. The smallest absolute Gasteiger partial charge is 0.307 e. The first-order valence-corrected chi connectivity index (χ1v) is 7.26. The first-order valence-electron chi connectivity index (χ1n) is 7.26. The van der Waals surface area contributed by atoms with Gasteiger partial charge in [0.15, 0.2) is 0 Å². The van der Waals surface area contributed by atoms with Gasteiger partial charge in [0.1, 0.15) is 11.6 Å². The molecule has 2 aromatic carbocycles. The van der Waals surface area contributed by atoms with Crippen LogP contribution in [0.4, 0.5) is 8.78 Å². The number of hydrogen-bond donors (Lipinski definition) is 1. The first-order chi connectivity index (χ1) is 11.5. The van der Waals surface area contributed by atoms with Gasteiger partial charge in [-0.05, 0) is 35.9 Å². The summed E-state index contributed by atoms with van der Waals surface area (Å²) < 4.78 is 27.0. The molecule has 5 heteroatoms. The molecule has 0 unspecified atom stereocenters. The van der Waals surface area contributed by atoms with E-state index in [0.717, 1.165) is 0 Å². The number of carboxylic acid groups (broad SMARTS) is 1. The zero-order chi connectivity index (χ0) is 17.1. The summed E-state index contributed by atoms with van der Waals surface area (Å²) in [6, 6.07) is 15.0. The third kappa shape index (κ3) is 3.46. The van der Waals surface area contributed by atoms with Crippen LogP contribution in [0.5, 0.6) is 0 Å². The van der Waals surface area contributed by atoms with Crippen molar-refractivity contribution in [3.63, 3.8) is 0 Å². The summed E-state index contributed by atoms with van der Waals surface area (Å²) in [6.45, 7) is 0.